The van der Waals surface area contributed by atoms with Gasteiger partial charge in [-0.3, -0.25) is 0 Å². The molecule has 1 heterocycles. The Bertz CT molecular complexity index is 734. The third-order valence-corrected chi connectivity index (χ3v) is 4.56. The maximum Gasteiger partial charge on any atom is 0.321 e. The number of urea groups is 1. The van der Waals surface area contributed by atoms with Crippen LogP contribution in [0.4, 0.5) is 10.5 Å². The van der Waals surface area contributed by atoms with Crippen molar-refractivity contribution in [2.75, 3.05) is 18.9 Å². The van der Waals surface area contributed by atoms with Crippen LogP contribution in [-0.4, -0.2) is 40.7 Å². The second kappa shape index (κ2) is 5.53. The monoisotopic (exact) mass is 315 g/mol. The molecule has 2 aliphatic carbocycles. The third kappa shape index (κ3) is 3.17. The predicted octanol–water partition coefficient (Wildman–Crippen LogP) is 2.94. The molecule has 2 amide bonds. The number of hydrogen-bond donors (Lipinski definition) is 2. The molecular formula is C17H21N3O3. The highest BCUT2D eigenvalue weighted by molar-refractivity contribution is 5.91. The maximum atomic E-state index is 12.2. The van der Waals surface area contributed by atoms with Gasteiger partial charge in [-0.2, -0.15) is 0 Å². The van der Waals surface area contributed by atoms with Crippen LogP contribution in [0.5, 0.6) is 0 Å². The van der Waals surface area contributed by atoms with E-state index in [1.54, 1.807) is 7.05 Å². The molecule has 1 aromatic heterocycles. The highest BCUT2D eigenvalue weighted by Crippen LogP contribution is 2.40. The van der Waals surface area contributed by atoms with Gasteiger partial charge >= 0.3 is 6.03 Å². The van der Waals surface area contributed by atoms with Crippen molar-refractivity contribution in [1.29, 1.82) is 0 Å². The molecule has 0 radical (unpaired) electrons. The molecule has 0 aliphatic heterocycles. The van der Waals surface area contributed by atoms with Gasteiger partial charge in [-0.1, -0.05) is 0 Å². The molecular weight excluding hydrogens is 294 g/mol. The molecule has 0 spiro atoms. The number of likely N-dealkylation sites (N-methyl/N-ethyl adjacent to an activating group) is 1. The van der Waals surface area contributed by atoms with Gasteiger partial charge in [0.1, 0.15) is 5.52 Å². The van der Waals surface area contributed by atoms with Crippen LogP contribution >= 0.6 is 0 Å². The van der Waals surface area contributed by atoms with E-state index in [1.165, 1.54) is 4.90 Å². The summed E-state index contributed by atoms with van der Waals surface area (Å²) in [4.78, 5) is 18.2. The van der Waals surface area contributed by atoms with E-state index in [0.29, 0.717) is 24.1 Å². The van der Waals surface area contributed by atoms with Gasteiger partial charge in [0.25, 0.3) is 0 Å². The summed E-state index contributed by atoms with van der Waals surface area (Å²) in [6.45, 7) is 0.356. The van der Waals surface area contributed by atoms with E-state index in [-0.39, 0.29) is 6.03 Å². The van der Waals surface area contributed by atoms with Crippen molar-refractivity contribution in [2.45, 2.75) is 37.7 Å². The number of rotatable bonds is 5. The Hall–Kier alpha value is -2.08. The van der Waals surface area contributed by atoms with E-state index in [1.807, 2.05) is 18.2 Å². The number of carbonyl (C=O) groups excluding carboxylic acids is 1. The summed E-state index contributed by atoms with van der Waals surface area (Å²) in [5.41, 5.74) is 2.21. The number of aliphatic hydroxyl groups excluding tert-OH is 1. The number of nitrogens with zero attached hydrogens (tertiary/aromatic N) is 2. The third-order valence-electron chi connectivity index (χ3n) is 4.56. The van der Waals surface area contributed by atoms with E-state index in [4.69, 9.17) is 4.42 Å². The highest BCUT2D eigenvalue weighted by atomic mass is 16.3. The largest absolute Gasteiger partial charge is 0.440 e. The van der Waals surface area contributed by atoms with Gasteiger partial charge in [0.05, 0.1) is 6.10 Å². The highest BCUT2D eigenvalue weighted by Gasteiger charge is 2.31. The van der Waals surface area contributed by atoms with E-state index >= 15 is 0 Å². The smallest absolute Gasteiger partial charge is 0.321 e. The van der Waals surface area contributed by atoms with Crippen LogP contribution in [0, 0.1) is 5.92 Å². The first-order valence-electron chi connectivity index (χ1n) is 8.21. The van der Waals surface area contributed by atoms with Gasteiger partial charge in [-0.15, -0.1) is 0 Å². The summed E-state index contributed by atoms with van der Waals surface area (Å²) < 4.78 is 5.72. The lowest BCUT2D eigenvalue weighted by Gasteiger charge is -2.21. The lowest BCUT2D eigenvalue weighted by molar-refractivity contribution is 0.117. The normalized spacial score (nSPS) is 18.9. The molecule has 2 N–H and O–H groups in total. The Morgan fingerprint density at radius 2 is 2.22 bits per heavy atom. The summed E-state index contributed by atoms with van der Waals surface area (Å²) >= 11 is 0. The number of fused-ring (bicyclic) bond motifs is 1. The van der Waals surface area contributed by atoms with Crippen LogP contribution in [0.2, 0.25) is 0 Å². The molecule has 1 aromatic carbocycles. The van der Waals surface area contributed by atoms with Crippen LogP contribution in [0.3, 0.4) is 0 Å². The van der Waals surface area contributed by atoms with Crippen molar-refractivity contribution in [1.82, 2.24) is 9.88 Å². The fourth-order valence-corrected chi connectivity index (χ4v) is 2.74. The van der Waals surface area contributed by atoms with E-state index < -0.39 is 6.10 Å². The Morgan fingerprint density at radius 3 is 2.91 bits per heavy atom. The molecule has 0 saturated heterocycles. The first-order chi connectivity index (χ1) is 11.1. The summed E-state index contributed by atoms with van der Waals surface area (Å²) in [5, 5.41) is 12.8. The second-order valence-corrected chi connectivity index (χ2v) is 6.72. The quantitative estimate of drug-likeness (QED) is 0.889. The van der Waals surface area contributed by atoms with Crippen LogP contribution < -0.4 is 5.32 Å². The average molecular weight is 315 g/mol. The molecule has 6 nitrogen and oxygen atoms in total. The number of aromatic nitrogens is 1. The van der Waals surface area contributed by atoms with Crippen LogP contribution in [0.1, 0.15) is 37.5 Å². The number of anilines is 1. The fraction of sp³-hybridized carbons (Fsp3) is 0.529. The molecule has 122 valence electrons. The van der Waals surface area contributed by atoms with Crippen molar-refractivity contribution in [3.8, 4) is 0 Å². The van der Waals surface area contributed by atoms with Gasteiger partial charge < -0.3 is 19.7 Å². The molecule has 2 saturated carbocycles. The number of benzene rings is 1. The predicted molar refractivity (Wildman–Crippen MR) is 86.4 cm³/mol. The standard InChI is InChI=1S/C17H21N3O3/c1-20(9-14(21)10-2-3-10)17(22)18-12-6-7-15-13(8-12)19-16(23-15)11-4-5-11/h6-8,10-11,14,21H,2-5,9H2,1H3,(H,18,22). The van der Waals surface area contributed by atoms with Crippen molar-refractivity contribution in [2.24, 2.45) is 5.92 Å². The fourth-order valence-electron chi connectivity index (χ4n) is 2.74. The van der Waals surface area contributed by atoms with Crippen LogP contribution in [-0.2, 0) is 0 Å². The first kappa shape index (κ1) is 14.5. The SMILES string of the molecule is CN(CC(O)C1CC1)C(=O)Nc1ccc2oc(C3CC3)nc2c1. The van der Waals surface area contributed by atoms with Gasteiger partial charge in [0.15, 0.2) is 11.5 Å². The number of carbonyl (C=O) groups is 1. The lowest BCUT2D eigenvalue weighted by Crippen LogP contribution is -2.37. The van der Waals surface area contributed by atoms with E-state index in [9.17, 15) is 9.90 Å². The summed E-state index contributed by atoms with van der Waals surface area (Å²) in [5.74, 6) is 1.63. The molecule has 1 unspecified atom stereocenters. The summed E-state index contributed by atoms with van der Waals surface area (Å²) in [6.07, 6.45) is 3.98. The number of hydrogen-bond acceptors (Lipinski definition) is 4. The number of oxazole rings is 1. The number of aliphatic hydroxyl groups is 1. The first-order valence-corrected chi connectivity index (χ1v) is 8.21. The van der Waals surface area contributed by atoms with Crippen LogP contribution in [0.25, 0.3) is 11.1 Å². The molecule has 4 rings (SSSR count). The van der Waals surface area contributed by atoms with Crippen molar-refractivity contribution in [3.63, 3.8) is 0 Å². The second-order valence-electron chi connectivity index (χ2n) is 6.72. The molecule has 2 aromatic rings. The molecule has 6 heteroatoms. The molecule has 23 heavy (non-hydrogen) atoms. The zero-order valence-electron chi connectivity index (χ0n) is 13.2. The van der Waals surface area contributed by atoms with Crippen molar-refractivity contribution in [3.05, 3.63) is 24.1 Å². The van der Waals surface area contributed by atoms with E-state index in [0.717, 1.165) is 42.7 Å². The van der Waals surface area contributed by atoms with Crippen LogP contribution in [0.15, 0.2) is 22.6 Å². The summed E-state index contributed by atoms with van der Waals surface area (Å²) in [7, 11) is 1.70. The Kier molecular flexibility index (Phi) is 3.49. The maximum absolute atomic E-state index is 12.2. The Labute approximate surface area is 134 Å². The van der Waals surface area contributed by atoms with Gasteiger partial charge in [-0.25, -0.2) is 9.78 Å². The van der Waals surface area contributed by atoms with Crippen molar-refractivity contribution >= 4 is 22.8 Å². The van der Waals surface area contributed by atoms with Gasteiger partial charge in [0.2, 0.25) is 0 Å². The topological polar surface area (TPSA) is 78.6 Å². The zero-order valence-corrected chi connectivity index (χ0v) is 13.2. The lowest BCUT2D eigenvalue weighted by atomic mass is 10.2. The molecule has 0 bridgehead atoms. The van der Waals surface area contributed by atoms with Crippen molar-refractivity contribution < 1.29 is 14.3 Å². The number of nitrogens with one attached hydrogen (secondary N) is 1. The Balaban J connectivity index is 1.42. The minimum absolute atomic E-state index is 0.227. The molecule has 2 aliphatic rings. The average Bonchev–Trinajstić information content (AvgIpc) is 3.42. The van der Waals surface area contributed by atoms with Gasteiger partial charge in [0, 0.05) is 25.2 Å². The van der Waals surface area contributed by atoms with E-state index in [2.05, 4.69) is 10.3 Å². The zero-order chi connectivity index (χ0) is 16.0. The van der Waals surface area contributed by atoms with Gasteiger partial charge in [-0.05, 0) is 49.8 Å². The molecule has 2 fully saturated rings. The molecule has 1 atom stereocenters. The minimum atomic E-state index is -0.426. The minimum Gasteiger partial charge on any atom is -0.440 e. The number of amides is 2. The summed E-state index contributed by atoms with van der Waals surface area (Å²) in [6, 6.07) is 5.25. The Morgan fingerprint density at radius 1 is 1.43 bits per heavy atom.